The molecule has 0 radical (unpaired) electrons. The number of hydrogen-bond acceptors (Lipinski definition) is 3. The molecule has 0 bridgehead atoms. The topological polar surface area (TPSA) is 46.1 Å². The zero-order chi connectivity index (χ0) is 16.6. The standard InChI is InChI=1S/C18H20BrN3O/c1-11(2)17-15-8-9-16(23)22(18(15)21-12(3)20-17)10-13-4-6-14(19)7-5-13/h4-7,11H,8-10H2,1-3H3. The van der Waals surface area contributed by atoms with E-state index in [0.717, 1.165) is 39.4 Å². The minimum Gasteiger partial charge on any atom is -0.292 e. The SMILES string of the molecule is Cc1nc(C(C)C)c2c(n1)N(Cc1ccc(Br)cc1)C(=O)CC2. The van der Waals surface area contributed by atoms with E-state index in [2.05, 4.69) is 39.7 Å². The van der Waals surface area contributed by atoms with Crippen LogP contribution in [0.1, 0.15) is 48.8 Å². The van der Waals surface area contributed by atoms with Crippen LogP contribution in [0.25, 0.3) is 0 Å². The number of aromatic nitrogens is 2. The molecule has 0 atom stereocenters. The van der Waals surface area contributed by atoms with Crippen molar-refractivity contribution in [2.24, 2.45) is 0 Å². The largest absolute Gasteiger partial charge is 0.292 e. The van der Waals surface area contributed by atoms with E-state index in [1.807, 2.05) is 36.1 Å². The predicted octanol–water partition coefficient (Wildman–Crippen LogP) is 4.15. The van der Waals surface area contributed by atoms with Gasteiger partial charge in [-0.2, -0.15) is 0 Å². The van der Waals surface area contributed by atoms with Crippen molar-refractivity contribution in [3.63, 3.8) is 0 Å². The van der Waals surface area contributed by atoms with Gasteiger partial charge < -0.3 is 0 Å². The van der Waals surface area contributed by atoms with Crippen molar-refractivity contribution < 1.29 is 4.79 Å². The molecule has 3 rings (SSSR count). The fourth-order valence-electron chi connectivity index (χ4n) is 2.96. The van der Waals surface area contributed by atoms with E-state index in [0.29, 0.717) is 18.9 Å². The highest BCUT2D eigenvalue weighted by atomic mass is 79.9. The van der Waals surface area contributed by atoms with E-state index in [1.165, 1.54) is 0 Å². The Morgan fingerprint density at radius 3 is 2.52 bits per heavy atom. The van der Waals surface area contributed by atoms with Crippen molar-refractivity contribution in [3.8, 4) is 0 Å². The Morgan fingerprint density at radius 2 is 1.87 bits per heavy atom. The molecule has 1 aromatic carbocycles. The highest BCUT2D eigenvalue weighted by molar-refractivity contribution is 9.10. The van der Waals surface area contributed by atoms with Gasteiger partial charge in [0, 0.05) is 16.5 Å². The Balaban J connectivity index is 2.02. The lowest BCUT2D eigenvalue weighted by Gasteiger charge is -2.30. The lowest BCUT2D eigenvalue weighted by Crippen LogP contribution is -2.36. The fraction of sp³-hybridized carbons (Fsp3) is 0.389. The number of anilines is 1. The van der Waals surface area contributed by atoms with Gasteiger partial charge in [-0.15, -0.1) is 0 Å². The highest BCUT2D eigenvalue weighted by Gasteiger charge is 2.29. The number of hydrogen-bond donors (Lipinski definition) is 0. The smallest absolute Gasteiger partial charge is 0.228 e. The summed E-state index contributed by atoms with van der Waals surface area (Å²) >= 11 is 3.44. The second kappa shape index (κ2) is 6.40. The van der Waals surface area contributed by atoms with Crippen LogP contribution in [-0.4, -0.2) is 15.9 Å². The fourth-order valence-corrected chi connectivity index (χ4v) is 3.23. The number of carbonyl (C=O) groups is 1. The first-order chi connectivity index (χ1) is 11.0. The van der Waals surface area contributed by atoms with Crippen LogP contribution in [0.2, 0.25) is 0 Å². The van der Waals surface area contributed by atoms with Crippen molar-refractivity contribution in [2.45, 2.75) is 46.1 Å². The molecule has 0 spiro atoms. The molecule has 4 nitrogen and oxygen atoms in total. The number of amides is 1. The maximum absolute atomic E-state index is 12.5. The average Bonchev–Trinajstić information content (AvgIpc) is 2.51. The van der Waals surface area contributed by atoms with E-state index in [-0.39, 0.29) is 5.91 Å². The number of carbonyl (C=O) groups excluding carboxylic acids is 1. The first kappa shape index (κ1) is 16.1. The molecular formula is C18H20BrN3O. The molecule has 0 fully saturated rings. The maximum Gasteiger partial charge on any atom is 0.228 e. The summed E-state index contributed by atoms with van der Waals surface area (Å²) in [7, 11) is 0. The van der Waals surface area contributed by atoms with Crippen LogP contribution in [0.3, 0.4) is 0 Å². The van der Waals surface area contributed by atoms with Crippen molar-refractivity contribution >= 4 is 27.7 Å². The van der Waals surface area contributed by atoms with Gasteiger partial charge in [0.2, 0.25) is 5.91 Å². The Bertz CT molecular complexity index is 741. The van der Waals surface area contributed by atoms with E-state index in [1.54, 1.807) is 0 Å². The average molecular weight is 374 g/mol. The Kier molecular flexibility index (Phi) is 4.48. The van der Waals surface area contributed by atoms with Crippen LogP contribution in [-0.2, 0) is 17.8 Å². The van der Waals surface area contributed by atoms with Gasteiger partial charge in [-0.05, 0) is 37.0 Å². The molecule has 0 N–H and O–H groups in total. The first-order valence-corrected chi connectivity index (χ1v) is 8.67. The minimum atomic E-state index is 0.133. The normalized spacial score (nSPS) is 14.3. The van der Waals surface area contributed by atoms with Crippen molar-refractivity contribution in [1.82, 2.24) is 9.97 Å². The summed E-state index contributed by atoms with van der Waals surface area (Å²) < 4.78 is 1.03. The molecule has 1 amide bonds. The van der Waals surface area contributed by atoms with Gasteiger partial charge in [-0.25, -0.2) is 9.97 Å². The lowest BCUT2D eigenvalue weighted by atomic mass is 9.96. The van der Waals surface area contributed by atoms with Crippen LogP contribution in [0.4, 0.5) is 5.82 Å². The second-order valence-corrected chi connectivity index (χ2v) is 7.13. The molecule has 120 valence electrons. The number of rotatable bonds is 3. The Hall–Kier alpha value is -1.75. The number of benzene rings is 1. The molecule has 1 aliphatic heterocycles. The van der Waals surface area contributed by atoms with Gasteiger partial charge >= 0.3 is 0 Å². The molecule has 2 aromatic rings. The summed E-state index contributed by atoms with van der Waals surface area (Å²) in [5.74, 6) is 1.98. The minimum absolute atomic E-state index is 0.133. The zero-order valence-electron chi connectivity index (χ0n) is 13.6. The maximum atomic E-state index is 12.5. The molecule has 0 saturated carbocycles. The third-order valence-corrected chi connectivity index (χ3v) is 4.60. The Morgan fingerprint density at radius 1 is 1.17 bits per heavy atom. The van der Waals surface area contributed by atoms with Crippen molar-refractivity contribution in [2.75, 3.05) is 4.90 Å². The van der Waals surface area contributed by atoms with Crippen molar-refractivity contribution in [1.29, 1.82) is 0 Å². The Labute approximate surface area is 145 Å². The molecular weight excluding hydrogens is 354 g/mol. The first-order valence-electron chi connectivity index (χ1n) is 7.88. The van der Waals surface area contributed by atoms with Crippen molar-refractivity contribution in [3.05, 3.63) is 51.4 Å². The summed E-state index contributed by atoms with van der Waals surface area (Å²) in [6.45, 7) is 6.71. The van der Waals surface area contributed by atoms with Crippen LogP contribution >= 0.6 is 15.9 Å². The highest BCUT2D eigenvalue weighted by Crippen LogP contribution is 2.32. The van der Waals surface area contributed by atoms with Gasteiger partial charge in [-0.3, -0.25) is 9.69 Å². The molecule has 1 aliphatic rings. The van der Waals surface area contributed by atoms with Crippen LogP contribution < -0.4 is 4.90 Å². The van der Waals surface area contributed by atoms with E-state index in [4.69, 9.17) is 0 Å². The van der Waals surface area contributed by atoms with Gasteiger partial charge in [0.05, 0.1) is 12.2 Å². The van der Waals surface area contributed by atoms with Gasteiger partial charge in [0.1, 0.15) is 11.6 Å². The molecule has 0 unspecified atom stereocenters. The molecule has 0 aliphatic carbocycles. The van der Waals surface area contributed by atoms with Gasteiger partial charge in [0.15, 0.2) is 0 Å². The molecule has 5 heteroatoms. The summed E-state index contributed by atoms with van der Waals surface area (Å²) in [5, 5.41) is 0. The van der Waals surface area contributed by atoms with Crippen LogP contribution in [0.15, 0.2) is 28.7 Å². The molecule has 2 heterocycles. The second-order valence-electron chi connectivity index (χ2n) is 6.22. The number of halogens is 1. The third-order valence-electron chi connectivity index (χ3n) is 4.08. The number of aryl methyl sites for hydroxylation is 1. The molecule has 0 saturated heterocycles. The monoisotopic (exact) mass is 373 g/mol. The number of nitrogens with zero attached hydrogens (tertiary/aromatic N) is 3. The van der Waals surface area contributed by atoms with Gasteiger partial charge in [0.25, 0.3) is 0 Å². The lowest BCUT2D eigenvalue weighted by molar-refractivity contribution is -0.119. The molecule has 23 heavy (non-hydrogen) atoms. The van der Waals surface area contributed by atoms with E-state index < -0.39 is 0 Å². The molecule has 1 aromatic heterocycles. The summed E-state index contributed by atoms with van der Waals surface area (Å²) in [6, 6.07) is 8.05. The zero-order valence-corrected chi connectivity index (χ0v) is 15.2. The van der Waals surface area contributed by atoms with E-state index in [9.17, 15) is 4.79 Å². The predicted molar refractivity (Wildman–Crippen MR) is 94.5 cm³/mol. The van der Waals surface area contributed by atoms with Crippen LogP contribution in [0, 0.1) is 6.92 Å². The summed E-state index contributed by atoms with van der Waals surface area (Å²) in [5.41, 5.74) is 3.29. The summed E-state index contributed by atoms with van der Waals surface area (Å²) in [6.07, 6.45) is 1.26. The van der Waals surface area contributed by atoms with Crippen LogP contribution in [0.5, 0.6) is 0 Å². The third kappa shape index (κ3) is 3.29. The van der Waals surface area contributed by atoms with Gasteiger partial charge in [-0.1, -0.05) is 41.9 Å². The quantitative estimate of drug-likeness (QED) is 0.811. The van der Waals surface area contributed by atoms with E-state index >= 15 is 0 Å². The summed E-state index contributed by atoms with van der Waals surface area (Å²) in [4.78, 5) is 23.5. The number of fused-ring (bicyclic) bond motifs is 1.